The van der Waals surface area contributed by atoms with Gasteiger partial charge in [-0.3, -0.25) is 0 Å². The van der Waals surface area contributed by atoms with Gasteiger partial charge in [-0.1, -0.05) is 19.6 Å². The number of cyclic esters (lactones) is 1. The lowest BCUT2D eigenvalue weighted by atomic mass is 10.0. The lowest BCUT2D eigenvalue weighted by Gasteiger charge is -2.02. The second kappa shape index (κ2) is 5.21. The summed E-state index contributed by atoms with van der Waals surface area (Å²) < 4.78 is 4.97. The van der Waals surface area contributed by atoms with E-state index < -0.39 is 0 Å². The molecule has 1 aliphatic rings. The maximum atomic E-state index is 11.2. The predicted molar refractivity (Wildman–Crippen MR) is 68.5 cm³/mol. The van der Waals surface area contributed by atoms with Crippen LogP contribution in [-0.4, -0.2) is 18.8 Å². The number of benzene rings is 1. The number of carbonyl (C=O) groups excluding carboxylic acids is 1. The summed E-state index contributed by atoms with van der Waals surface area (Å²) in [4.78, 5) is 12.4. The molecule has 0 radical (unpaired) electrons. The maximum Gasteiger partial charge on any atom is 0.334 e. The molecule has 16 heavy (non-hydrogen) atoms. The number of hydrogen-bond acceptors (Lipinski definition) is 3. The average Bonchev–Trinajstić information content (AvgIpc) is 2.60. The largest absolute Gasteiger partial charge is 0.457 e. The number of carbonyl (C=O) groups is 1. The number of thioether (sulfide) groups is 1. The van der Waals surface area contributed by atoms with Crippen molar-refractivity contribution in [2.24, 2.45) is 0 Å². The highest BCUT2D eigenvalue weighted by Gasteiger charge is 2.21. The van der Waals surface area contributed by atoms with E-state index >= 15 is 0 Å². The Balaban J connectivity index is 0.00000128. The van der Waals surface area contributed by atoms with Crippen LogP contribution in [0.5, 0.6) is 0 Å². The van der Waals surface area contributed by atoms with Crippen LogP contribution in [0.1, 0.15) is 19.9 Å². The molecule has 0 spiro atoms. The molecule has 1 aromatic rings. The Morgan fingerprint density at radius 2 is 1.88 bits per heavy atom. The molecule has 1 aromatic carbocycles. The van der Waals surface area contributed by atoms with E-state index in [0.29, 0.717) is 6.61 Å². The SMILES string of the molecule is C.CSc1ccc(C2=C(C)C(=O)OC2)cc1. The summed E-state index contributed by atoms with van der Waals surface area (Å²) in [6, 6.07) is 8.19. The molecule has 0 unspecified atom stereocenters. The first-order chi connectivity index (χ1) is 7.22. The zero-order valence-electron chi connectivity index (χ0n) is 8.74. The van der Waals surface area contributed by atoms with Crippen molar-refractivity contribution in [3.63, 3.8) is 0 Å². The van der Waals surface area contributed by atoms with Gasteiger partial charge in [0.2, 0.25) is 0 Å². The normalized spacial score (nSPS) is 14.8. The Morgan fingerprint density at radius 1 is 1.25 bits per heavy atom. The summed E-state index contributed by atoms with van der Waals surface area (Å²) in [5.74, 6) is -0.195. The highest BCUT2D eigenvalue weighted by molar-refractivity contribution is 7.98. The van der Waals surface area contributed by atoms with Gasteiger partial charge in [0.25, 0.3) is 0 Å². The van der Waals surface area contributed by atoms with E-state index in [1.165, 1.54) is 4.90 Å². The molecular formula is C13H16O2S. The van der Waals surface area contributed by atoms with Gasteiger partial charge in [0.05, 0.1) is 0 Å². The van der Waals surface area contributed by atoms with Crippen molar-refractivity contribution in [1.82, 2.24) is 0 Å². The van der Waals surface area contributed by atoms with Crippen LogP contribution in [0.2, 0.25) is 0 Å². The van der Waals surface area contributed by atoms with Gasteiger partial charge in [0.15, 0.2) is 0 Å². The molecule has 2 nitrogen and oxygen atoms in total. The highest BCUT2D eigenvalue weighted by atomic mass is 32.2. The third kappa shape index (κ3) is 2.30. The Hall–Kier alpha value is -1.22. The van der Waals surface area contributed by atoms with E-state index in [0.717, 1.165) is 16.7 Å². The van der Waals surface area contributed by atoms with Gasteiger partial charge in [-0.25, -0.2) is 4.79 Å². The molecule has 0 bridgehead atoms. The predicted octanol–water partition coefficient (Wildman–Crippen LogP) is 3.37. The fourth-order valence-corrected chi connectivity index (χ4v) is 1.98. The monoisotopic (exact) mass is 236 g/mol. The number of rotatable bonds is 2. The van der Waals surface area contributed by atoms with Crippen molar-refractivity contribution in [3.05, 3.63) is 35.4 Å². The van der Waals surface area contributed by atoms with Crippen LogP contribution >= 0.6 is 11.8 Å². The fourth-order valence-electron chi connectivity index (χ4n) is 1.57. The number of hydrogen-bond donors (Lipinski definition) is 0. The first-order valence-corrected chi connectivity index (χ1v) is 5.96. The second-order valence-corrected chi connectivity index (χ2v) is 4.29. The number of esters is 1. The topological polar surface area (TPSA) is 26.3 Å². The Labute approximate surface area is 101 Å². The van der Waals surface area contributed by atoms with Crippen molar-refractivity contribution >= 4 is 23.3 Å². The molecule has 0 atom stereocenters. The van der Waals surface area contributed by atoms with Crippen molar-refractivity contribution in [1.29, 1.82) is 0 Å². The van der Waals surface area contributed by atoms with Crippen molar-refractivity contribution in [3.8, 4) is 0 Å². The minimum Gasteiger partial charge on any atom is -0.457 e. The van der Waals surface area contributed by atoms with E-state index in [1.54, 1.807) is 11.8 Å². The molecule has 0 N–H and O–H groups in total. The van der Waals surface area contributed by atoms with Gasteiger partial charge in [-0.2, -0.15) is 0 Å². The zero-order valence-corrected chi connectivity index (χ0v) is 9.56. The molecule has 0 amide bonds. The summed E-state index contributed by atoms with van der Waals surface area (Å²) in [5, 5.41) is 0. The fraction of sp³-hybridized carbons (Fsp3) is 0.308. The zero-order chi connectivity index (χ0) is 10.8. The minimum atomic E-state index is -0.195. The maximum absolute atomic E-state index is 11.2. The Bertz CT molecular complexity index is 418. The summed E-state index contributed by atoms with van der Waals surface area (Å²) in [6.45, 7) is 2.22. The van der Waals surface area contributed by atoms with Crippen molar-refractivity contribution in [2.45, 2.75) is 19.2 Å². The first-order valence-electron chi connectivity index (χ1n) is 4.73. The quantitative estimate of drug-likeness (QED) is 0.581. The smallest absolute Gasteiger partial charge is 0.334 e. The molecule has 0 saturated heterocycles. The van der Waals surface area contributed by atoms with Gasteiger partial charge in [-0.05, 0) is 30.9 Å². The summed E-state index contributed by atoms with van der Waals surface area (Å²) in [5.41, 5.74) is 2.82. The molecule has 2 rings (SSSR count). The third-order valence-corrected chi connectivity index (χ3v) is 3.29. The Kier molecular flexibility index (Phi) is 4.19. The van der Waals surface area contributed by atoms with Gasteiger partial charge in [0, 0.05) is 16.0 Å². The third-order valence-electron chi connectivity index (χ3n) is 2.54. The van der Waals surface area contributed by atoms with Gasteiger partial charge in [0.1, 0.15) is 6.61 Å². The van der Waals surface area contributed by atoms with Crippen molar-refractivity contribution in [2.75, 3.05) is 12.9 Å². The number of ether oxygens (including phenoxy) is 1. The van der Waals surface area contributed by atoms with Crippen LogP contribution in [0.4, 0.5) is 0 Å². The molecular weight excluding hydrogens is 220 g/mol. The molecule has 0 aliphatic carbocycles. The minimum absolute atomic E-state index is 0. The van der Waals surface area contributed by atoms with Crippen LogP contribution in [0.15, 0.2) is 34.7 Å². The van der Waals surface area contributed by atoms with Gasteiger partial charge < -0.3 is 4.74 Å². The summed E-state index contributed by atoms with van der Waals surface area (Å²) in [7, 11) is 0. The van der Waals surface area contributed by atoms with Crippen LogP contribution in [-0.2, 0) is 9.53 Å². The lowest BCUT2D eigenvalue weighted by molar-refractivity contribution is -0.135. The standard InChI is InChI=1S/C12H12O2S.CH4/c1-8-11(7-14-12(8)13)9-3-5-10(15-2)6-4-9;/h3-6H,7H2,1-2H3;1H4. The van der Waals surface area contributed by atoms with E-state index in [4.69, 9.17) is 4.74 Å². The van der Waals surface area contributed by atoms with E-state index in [2.05, 4.69) is 12.1 Å². The second-order valence-electron chi connectivity index (χ2n) is 3.41. The molecule has 0 aromatic heterocycles. The average molecular weight is 236 g/mol. The van der Waals surface area contributed by atoms with Crippen molar-refractivity contribution < 1.29 is 9.53 Å². The van der Waals surface area contributed by atoms with E-state index in [-0.39, 0.29) is 13.4 Å². The molecule has 3 heteroatoms. The molecule has 0 fully saturated rings. The molecule has 1 heterocycles. The first kappa shape index (κ1) is 12.8. The van der Waals surface area contributed by atoms with Crippen LogP contribution < -0.4 is 0 Å². The van der Waals surface area contributed by atoms with Crippen LogP contribution in [0.3, 0.4) is 0 Å². The highest BCUT2D eigenvalue weighted by Crippen LogP contribution is 2.26. The van der Waals surface area contributed by atoms with Gasteiger partial charge >= 0.3 is 5.97 Å². The van der Waals surface area contributed by atoms with E-state index in [9.17, 15) is 4.79 Å². The molecule has 0 saturated carbocycles. The summed E-state index contributed by atoms with van der Waals surface area (Å²) in [6.07, 6.45) is 2.04. The van der Waals surface area contributed by atoms with Crippen LogP contribution in [0, 0.1) is 0 Å². The van der Waals surface area contributed by atoms with Gasteiger partial charge in [-0.15, -0.1) is 11.8 Å². The Morgan fingerprint density at radius 3 is 2.31 bits per heavy atom. The van der Waals surface area contributed by atoms with E-state index in [1.807, 2.05) is 25.3 Å². The van der Waals surface area contributed by atoms with Crippen LogP contribution in [0.25, 0.3) is 5.57 Å². The lowest BCUT2D eigenvalue weighted by Crippen LogP contribution is -1.94. The molecule has 86 valence electrons. The molecule has 1 aliphatic heterocycles. The summed E-state index contributed by atoms with van der Waals surface area (Å²) >= 11 is 1.71.